The lowest BCUT2D eigenvalue weighted by Gasteiger charge is -2.39. The Balaban J connectivity index is 2.09. The molecular weight excluding hydrogens is 438 g/mol. The van der Waals surface area contributed by atoms with Crippen LogP contribution in [-0.2, 0) is 4.57 Å². The van der Waals surface area contributed by atoms with Crippen LogP contribution in [0.5, 0.6) is 0 Å². The molecule has 0 aliphatic carbocycles. The Bertz CT molecular complexity index is 1090. The Labute approximate surface area is 199 Å². The molecule has 0 heterocycles. The minimum atomic E-state index is -2.97. The quantitative estimate of drug-likeness (QED) is 0.245. The zero-order chi connectivity index (χ0) is 23.2. The van der Waals surface area contributed by atoms with Crippen molar-refractivity contribution >= 4 is 35.6 Å². The molecule has 1 nitrogen and oxygen atoms in total. The molecule has 4 rings (SSSR count). The van der Waals surface area contributed by atoms with Crippen molar-refractivity contribution in [3.8, 4) is 0 Å². The average Bonchev–Trinajstić information content (AvgIpc) is 2.91. The van der Waals surface area contributed by atoms with Gasteiger partial charge in [0.1, 0.15) is 5.40 Å². The summed E-state index contributed by atoms with van der Waals surface area (Å²) in [6.45, 7) is 4.53. The zero-order valence-electron chi connectivity index (χ0n) is 19.5. The number of hydrogen-bond acceptors (Lipinski definition) is 1. The first kappa shape index (κ1) is 23.7. The molecule has 168 valence electrons. The third-order valence-electron chi connectivity index (χ3n) is 6.69. The number of benzene rings is 4. The van der Waals surface area contributed by atoms with E-state index in [1.54, 1.807) is 0 Å². The summed E-state index contributed by atoms with van der Waals surface area (Å²) >= 11 is 0. The monoisotopic (exact) mass is 471 g/mol. The van der Waals surface area contributed by atoms with E-state index >= 15 is 4.57 Å². The van der Waals surface area contributed by atoms with Crippen molar-refractivity contribution in [1.29, 1.82) is 0 Å². The smallest absolute Gasteiger partial charge is 0.181 e. The fraction of sp³-hybridized carbons (Fsp3) is 0.200. The molecule has 0 saturated carbocycles. The van der Waals surface area contributed by atoms with Gasteiger partial charge >= 0.3 is 0 Å². The summed E-state index contributed by atoms with van der Waals surface area (Å²) in [5.74, 6) is 0. The van der Waals surface area contributed by atoms with Crippen LogP contribution >= 0.6 is 14.4 Å². The summed E-state index contributed by atoms with van der Waals surface area (Å²) in [5.41, 5.74) is 0. The van der Waals surface area contributed by atoms with E-state index in [0.29, 0.717) is 0 Å². The zero-order valence-corrected chi connectivity index (χ0v) is 21.3. The van der Waals surface area contributed by atoms with Gasteiger partial charge in [0.15, 0.2) is 7.14 Å². The SMILES string of the molecule is CCC[C@@H](P(=O)(c1ccccc1)c1ccccc1)[P+](CC)(c1ccccc1)c1ccccc1. The van der Waals surface area contributed by atoms with Crippen LogP contribution in [0.1, 0.15) is 26.7 Å². The van der Waals surface area contributed by atoms with Crippen LogP contribution in [0.15, 0.2) is 121 Å². The maximum absolute atomic E-state index is 15.7. The van der Waals surface area contributed by atoms with Gasteiger partial charge < -0.3 is 4.57 Å². The second-order valence-electron chi connectivity index (χ2n) is 8.45. The van der Waals surface area contributed by atoms with Gasteiger partial charge in [-0.15, -0.1) is 0 Å². The first-order valence-electron chi connectivity index (χ1n) is 11.9. The van der Waals surface area contributed by atoms with E-state index in [1.807, 2.05) is 36.4 Å². The summed E-state index contributed by atoms with van der Waals surface area (Å²) in [4.78, 5) is 0. The minimum absolute atomic E-state index is 0.0367. The van der Waals surface area contributed by atoms with Crippen LogP contribution in [-0.4, -0.2) is 11.6 Å². The Morgan fingerprint density at radius 1 is 0.606 bits per heavy atom. The van der Waals surface area contributed by atoms with Crippen LogP contribution in [0.3, 0.4) is 0 Å². The van der Waals surface area contributed by atoms with Crippen molar-refractivity contribution < 1.29 is 4.57 Å². The molecule has 0 fully saturated rings. The van der Waals surface area contributed by atoms with Crippen molar-refractivity contribution in [3.63, 3.8) is 0 Å². The van der Waals surface area contributed by atoms with E-state index in [-0.39, 0.29) is 5.40 Å². The van der Waals surface area contributed by atoms with Gasteiger partial charge in [-0.3, -0.25) is 0 Å². The third-order valence-corrected chi connectivity index (χ3v) is 16.8. The average molecular weight is 472 g/mol. The van der Waals surface area contributed by atoms with Gasteiger partial charge in [-0.05, 0) is 37.6 Å². The van der Waals surface area contributed by atoms with Gasteiger partial charge in [-0.25, -0.2) is 0 Å². The van der Waals surface area contributed by atoms with Crippen LogP contribution < -0.4 is 21.2 Å². The highest BCUT2D eigenvalue weighted by atomic mass is 31.2. The van der Waals surface area contributed by atoms with Crippen LogP contribution in [0.25, 0.3) is 0 Å². The second-order valence-corrected chi connectivity index (χ2v) is 15.9. The molecule has 1 atom stereocenters. The molecule has 4 aromatic rings. The summed E-state index contributed by atoms with van der Waals surface area (Å²) < 4.78 is 15.7. The van der Waals surface area contributed by atoms with Crippen LogP contribution in [0, 0.1) is 0 Å². The van der Waals surface area contributed by atoms with E-state index in [1.165, 1.54) is 10.6 Å². The first-order valence-corrected chi connectivity index (χ1v) is 15.7. The molecule has 0 unspecified atom stereocenters. The molecule has 33 heavy (non-hydrogen) atoms. The fourth-order valence-electron chi connectivity index (χ4n) is 5.19. The fourth-order valence-corrected chi connectivity index (χ4v) is 16.6. The Morgan fingerprint density at radius 2 is 0.970 bits per heavy atom. The highest BCUT2D eigenvalue weighted by Gasteiger charge is 2.57. The molecular formula is C30H33OP2+. The summed E-state index contributed by atoms with van der Waals surface area (Å²) in [7, 11) is -4.99. The molecule has 0 aliphatic heterocycles. The Hall–Kier alpha value is -2.46. The number of rotatable bonds is 9. The van der Waals surface area contributed by atoms with Gasteiger partial charge in [0.2, 0.25) is 0 Å². The number of hydrogen-bond donors (Lipinski definition) is 0. The second kappa shape index (κ2) is 10.6. The van der Waals surface area contributed by atoms with Crippen molar-refractivity contribution in [2.24, 2.45) is 0 Å². The summed E-state index contributed by atoms with van der Waals surface area (Å²) in [6, 6.07) is 42.3. The highest BCUT2D eigenvalue weighted by molar-refractivity contribution is 8.01. The van der Waals surface area contributed by atoms with E-state index in [4.69, 9.17) is 0 Å². The molecule has 0 aliphatic rings. The van der Waals surface area contributed by atoms with Crippen LogP contribution in [0.2, 0.25) is 0 Å². The van der Waals surface area contributed by atoms with E-state index in [2.05, 4.69) is 98.8 Å². The molecule has 3 heteroatoms. The normalized spacial score (nSPS) is 12.9. The topological polar surface area (TPSA) is 17.1 Å². The van der Waals surface area contributed by atoms with E-state index in [9.17, 15) is 0 Å². The molecule has 0 radical (unpaired) electrons. The third kappa shape index (κ3) is 4.38. The van der Waals surface area contributed by atoms with E-state index in [0.717, 1.165) is 29.6 Å². The molecule has 0 aromatic heterocycles. The standard InChI is InChI=1S/C30H33OP2/c1-3-17-30(33(31,28-22-13-7-14-23-28)29-24-15-8-16-25-29)32(4-2,26-18-9-5-10-19-26)27-20-11-6-12-21-27/h5-16,18-25,30H,3-4,17H2,1-2H3/q+1/t30-/m1/s1. The molecule has 4 aromatic carbocycles. The highest BCUT2D eigenvalue weighted by Crippen LogP contribution is 2.73. The van der Waals surface area contributed by atoms with Gasteiger partial charge in [0.25, 0.3) is 0 Å². The van der Waals surface area contributed by atoms with Gasteiger partial charge in [0, 0.05) is 10.6 Å². The summed E-state index contributed by atoms with van der Waals surface area (Å²) in [6.07, 6.45) is 2.90. The van der Waals surface area contributed by atoms with Crippen LogP contribution in [0.4, 0.5) is 0 Å². The maximum atomic E-state index is 15.7. The predicted octanol–water partition coefficient (Wildman–Crippen LogP) is 6.82. The lowest BCUT2D eigenvalue weighted by molar-refractivity contribution is 0.582. The Kier molecular flexibility index (Phi) is 7.64. The molecule has 0 saturated heterocycles. The molecule has 0 N–H and O–H groups in total. The summed E-state index contributed by atoms with van der Waals surface area (Å²) in [5, 5.41) is 4.68. The van der Waals surface area contributed by atoms with Gasteiger partial charge in [0.05, 0.1) is 24.0 Å². The van der Waals surface area contributed by atoms with Crippen molar-refractivity contribution in [1.82, 2.24) is 0 Å². The van der Waals surface area contributed by atoms with Crippen molar-refractivity contribution in [2.45, 2.75) is 32.1 Å². The lowest BCUT2D eigenvalue weighted by Crippen LogP contribution is -2.37. The largest absolute Gasteiger partial charge is 0.309 e. The lowest BCUT2D eigenvalue weighted by atomic mass is 10.4. The Morgan fingerprint density at radius 3 is 1.30 bits per heavy atom. The minimum Gasteiger partial charge on any atom is -0.309 e. The molecule has 0 amide bonds. The van der Waals surface area contributed by atoms with Crippen molar-refractivity contribution in [2.75, 3.05) is 6.16 Å². The van der Waals surface area contributed by atoms with Crippen molar-refractivity contribution in [3.05, 3.63) is 121 Å². The van der Waals surface area contributed by atoms with E-state index < -0.39 is 14.4 Å². The predicted molar refractivity (Wildman–Crippen MR) is 148 cm³/mol. The molecule has 0 spiro atoms. The maximum Gasteiger partial charge on any atom is 0.181 e. The van der Waals surface area contributed by atoms with Gasteiger partial charge in [-0.1, -0.05) is 110 Å². The first-order chi connectivity index (χ1) is 16.2. The van der Waals surface area contributed by atoms with Gasteiger partial charge in [-0.2, -0.15) is 0 Å². The molecule has 0 bridgehead atoms.